The molecule has 0 aliphatic rings. The Morgan fingerprint density at radius 3 is 2.71 bits per heavy atom. The molecule has 1 aromatic rings. The summed E-state index contributed by atoms with van der Waals surface area (Å²) >= 11 is 0. The van der Waals surface area contributed by atoms with Crippen LogP contribution in [0, 0.1) is 0 Å². The van der Waals surface area contributed by atoms with Crippen molar-refractivity contribution in [1.82, 2.24) is 0 Å². The fourth-order valence-electron chi connectivity index (χ4n) is 0.927. The molecule has 0 bridgehead atoms. The van der Waals surface area contributed by atoms with Gasteiger partial charge < -0.3 is 13.6 Å². The summed E-state index contributed by atoms with van der Waals surface area (Å²) in [7, 11) is -0.608. The van der Waals surface area contributed by atoms with Crippen LogP contribution in [0.2, 0.25) is 0 Å². The van der Waals surface area contributed by atoms with Gasteiger partial charge in [0, 0.05) is 7.11 Å². The van der Waals surface area contributed by atoms with Crippen LogP contribution in [0.5, 0.6) is 0 Å². The van der Waals surface area contributed by atoms with Gasteiger partial charge in [0.05, 0.1) is 6.61 Å². The fourth-order valence-corrected chi connectivity index (χ4v) is 1.28. The predicted molar refractivity (Wildman–Crippen MR) is 56.4 cm³/mol. The molecule has 0 unspecified atom stereocenters. The van der Waals surface area contributed by atoms with E-state index in [2.05, 4.69) is 4.43 Å². The predicted octanol–water partition coefficient (Wildman–Crippen LogP) is 1.34. The van der Waals surface area contributed by atoms with Crippen LogP contribution in [0.25, 0.3) is 6.08 Å². The molecule has 0 saturated heterocycles. The van der Waals surface area contributed by atoms with Crippen LogP contribution in [0.1, 0.15) is 5.56 Å². The van der Waals surface area contributed by atoms with Gasteiger partial charge in [0.15, 0.2) is 0 Å². The molecule has 0 aromatic heterocycles. The largest absolute Gasteiger partial charge is 0.574 e. The molecule has 0 aliphatic heterocycles. The molecule has 0 aliphatic carbocycles. The van der Waals surface area contributed by atoms with Crippen molar-refractivity contribution in [2.45, 2.75) is 0 Å². The zero-order valence-corrected chi connectivity index (χ0v) is 9.01. The minimum absolute atomic E-state index is 0.369. The Kier molecular flexibility index (Phi) is 5.17. The van der Waals surface area contributed by atoms with E-state index in [9.17, 15) is 0 Å². The molecular formula is C10H13O3Si. The Bertz CT molecular complexity index is 274. The van der Waals surface area contributed by atoms with Crippen molar-refractivity contribution < 1.29 is 13.6 Å². The number of hydrogen-bond donors (Lipinski definition) is 1. The summed E-state index contributed by atoms with van der Waals surface area (Å²) in [5, 5.41) is 0. The first-order valence-electron chi connectivity index (χ1n) is 4.27. The SMILES string of the molecule is CO[Si](O)OC/C=C/c1ccccc1. The number of benzene rings is 1. The first-order chi connectivity index (χ1) is 6.83. The third kappa shape index (κ3) is 4.34. The highest BCUT2D eigenvalue weighted by Crippen LogP contribution is 2.00. The summed E-state index contributed by atoms with van der Waals surface area (Å²) in [5.74, 6) is 0. The van der Waals surface area contributed by atoms with Crippen LogP contribution >= 0.6 is 0 Å². The second-order valence-corrected chi connectivity index (χ2v) is 3.82. The quantitative estimate of drug-likeness (QED) is 0.744. The average molecular weight is 209 g/mol. The highest BCUT2D eigenvalue weighted by Gasteiger charge is 2.07. The molecule has 1 aromatic carbocycles. The Hall–Kier alpha value is -0.943. The van der Waals surface area contributed by atoms with Crippen molar-refractivity contribution in [2.24, 2.45) is 0 Å². The molecule has 0 saturated carbocycles. The van der Waals surface area contributed by atoms with E-state index in [0.29, 0.717) is 6.61 Å². The summed E-state index contributed by atoms with van der Waals surface area (Å²) in [6.07, 6.45) is 3.78. The molecule has 0 fully saturated rings. The second kappa shape index (κ2) is 6.50. The second-order valence-electron chi connectivity index (χ2n) is 2.59. The van der Waals surface area contributed by atoms with Gasteiger partial charge in [-0.25, -0.2) is 0 Å². The zero-order valence-electron chi connectivity index (χ0n) is 8.01. The minimum atomic E-state index is -2.03. The maximum Gasteiger partial charge on any atom is 0.574 e. The number of rotatable bonds is 5. The Morgan fingerprint density at radius 2 is 2.07 bits per heavy atom. The molecular weight excluding hydrogens is 196 g/mol. The lowest BCUT2D eigenvalue weighted by Gasteiger charge is -2.01. The van der Waals surface area contributed by atoms with Gasteiger partial charge in [0.25, 0.3) is 0 Å². The average Bonchev–Trinajstić information content (AvgIpc) is 2.25. The summed E-state index contributed by atoms with van der Waals surface area (Å²) in [5.41, 5.74) is 1.11. The van der Waals surface area contributed by atoms with E-state index in [1.54, 1.807) is 0 Å². The Labute approximate surface area is 85.6 Å². The van der Waals surface area contributed by atoms with Gasteiger partial charge in [0.1, 0.15) is 0 Å². The lowest BCUT2D eigenvalue weighted by molar-refractivity contribution is 0.175. The summed E-state index contributed by atoms with van der Waals surface area (Å²) in [6.45, 7) is 0.369. The fraction of sp³-hybridized carbons (Fsp3) is 0.200. The van der Waals surface area contributed by atoms with E-state index in [-0.39, 0.29) is 0 Å². The van der Waals surface area contributed by atoms with Crippen molar-refractivity contribution in [3.8, 4) is 0 Å². The van der Waals surface area contributed by atoms with Crippen molar-refractivity contribution in [3.05, 3.63) is 42.0 Å². The standard InChI is InChI=1S/C10H13O3Si/c1-12-14(11)13-9-5-8-10-6-3-2-4-7-10/h2-8,11H,9H2,1H3/b8-5+. The Balaban J connectivity index is 2.28. The van der Waals surface area contributed by atoms with Gasteiger partial charge in [-0.3, -0.25) is 0 Å². The van der Waals surface area contributed by atoms with Crippen molar-refractivity contribution in [3.63, 3.8) is 0 Å². The molecule has 14 heavy (non-hydrogen) atoms. The van der Waals surface area contributed by atoms with E-state index in [1.807, 2.05) is 42.5 Å². The third-order valence-corrected chi connectivity index (χ3v) is 2.35. The topological polar surface area (TPSA) is 38.7 Å². The summed E-state index contributed by atoms with van der Waals surface area (Å²) in [4.78, 5) is 8.98. The highest BCUT2D eigenvalue weighted by molar-refractivity contribution is 6.34. The molecule has 0 atom stereocenters. The van der Waals surface area contributed by atoms with E-state index >= 15 is 0 Å². The van der Waals surface area contributed by atoms with Crippen LogP contribution in [0.3, 0.4) is 0 Å². The third-order valence-electron chi connectivity index (χ3n) is 1.59. The van der Waals surface area contributed by atoms with E-state index in [4.69, 9.17) is 9.22 Å². The van der Waals surface area contributed by atoms with Crippen LogP contribution < -0.4 is 0 Å². The smallest absolute Gasteiger partial charge is 0.387 e. The highest BCUT2D eigenvalue weighted by atomic mass is 28.3. The van der Waals surface area contributed by atoms with Gasteiger partial charge in [-0.05, 0) is 5.56 Å². The van der Waals surface area contributed by atoms with Crippen molar-refractivity contribution >= 4 is 15.6 Å². The molecule has 3 nitrogen and oxygen atoms in total. The molecule has 0 amide bonds. The van der Waals surface area contributed by atoms with E-state index in [1.165, 1.54) is 7.11 Å². The monoisotopic (exact) mass is 209 g/mol. The first-order valence-corrected chi connectivity index (χ1v) is 5.53. The molecule has 1 N–H and O–H groups in total. The van der Waals surface area contributed by atoms with Crippen LogP contribution in [0.15, 0.2) is 36.4 Å². The lowest BCUT2D eigenvalue weighted by atomic mass is 10.2. The van der Waals surface area contributed by atoms with Crippen LogP contribution in [0.4, 0.5) is 0 Å². The molecule has 1 radical (unpaired) electrons. The molecule has 75 valence electrons. The normalized spacial score (nSPS) is 11.4. The van der Waals surface area contributed by atoms with E-state index in [0.717, 1.165) is 5.56 Å². The van der Waals surface area contributed by atoms with Gasteiger partial charge in [-0.15, -0.1) is 0 Å². The molecule has 0 spiro atoms. The molecule has 1 rings (SSSR count). The molecule has 0 heterocycles. The van der Waals surface area contributed by atoms with Gasteiger partial charge in [0.2, 0.25) is 0 Å². The van der Waals surface area contributed by atoms with Crippen LogP contribution in [-0.2, 0) is 8.85 Å². The summed E-state index contributed by atoms with van der Waals surface area (Å²) in [6, 6.07) is 9.90. The van der Waals surface area contributed by atoms with Crippen molar-refractivity contribution in [2.75, 3.05) is 13.7 Å². The van der Waals surface area contributed by atoms with E-state index < -0.39 is 9.53 Å². The van der Waals surface area contributed by atoms with Gasteiger partial charge >= 0.3 is 9.53 Å². The maximum atomic E-state index is 8.98. The zero-order chi connectivity index (χ0) is 10.2. The Morgan fingerprint density at radius 1 is 1.36 bits per heavy atom. The van der Waals surface area contributed by atoms with Crippen LogP contribution in [-0.4, -0.2) is 28.0 Å². The maximum absolute atomic E-state index is 8.98. The lowest BCUT2D eigenvalue weighted by Crippen LogP contribution is -2.20. The first kappa shape index (κ1) is 11.1. The number of hydrogen-bond acceptors (Lipinski definition) is 3. The molecule has 4 heteroatoms. The summed E-state index contributed by atoms with van der Waals surface area (Å²) < 4.78 is 9.56. The van der Waals surface area contributed by atoms with Gasteiger partial charge in [-0.1, -0.05) is 42.5 Å². The van der Waals surface area contributed by atoms with Crippen molar-refractivity contribution in [1.29, 1.82) is 0 Å². The van der Waals surface area contributed by atoms with Gasteiger partial charge in [-0.2, -0.15) is 0 Å². The minimum Gasteiger partial charge on any atom is -0.387 e.